The Balaban J connectivity index is 1.53. The van der Waals surface area contributed by atoms with Crippen LogP contribution < -0.4 is 0 Å². The summed E-state index contributed by atoms with van der Waals surface area (Å²) in [6.07, 6.45) is 8.60. The molecule has 0 aromatic rings. The molecule has 2 saturated carbocycles. The van der Waals surface area contributed by atoms with E-state index in [1.165, 1.54) is 12.5 Å². The molecule has 2 fully saturated rings. The van der Waals surface area contributed by atoms with Crippen LogP contribution in [0.15, 0.2) is 11.1 Å². The first-order valence-electron chi connectivity index (χ1n) is 14.0. The van der Waals surface area contributed by atoms with Crippen LogP contribution in [0.3, 0.4) is 0 Å². The van der Waals surface area contributed by atoms with Gasteiger partial charge in [0.25, 0.3) is 0 Å². The smallest absolute Gasteiger partial charge is 0.302 e. The highest BCUT2D eigenvalue weighted by Gasteiger charge is 2.56. The minimum atomic E-state index is -0.300. The number of Topliss-reactive ketones (excluding diaryl/α,β-unsaturated/α-hetero) is 1. The second-order valence-corrected chi connectivity index (χ2v) is 13.2. The van der Waals surface area contributed by atoms with Crippen LogP contribution in [0.4, 0.5) is 0 Å². The molecule has 0 radical (unpaired) electrons. The number of ether oxygens (including phenoxy) is 1. The molecular weight excluding hydrogens is 424 g/mol. The summed E-state index contributed by atoms with van der Waals surface area (Å²) in [6, 6.07) is 0. The van der Waals surface area contributed by atoms with E-state index in [2.05, 4.69) is 41.5 Å². The first kappa shape index (κ1) is 25.9. The third-order valence-corrected chi connectivity index (χ3v) is 11.2. The number of ketones is 1. The number of esters is 1. The summed E-state index contributed by atoms with van der Waals surface area (Å²) in [6.45, 7) is 15.0. The summed E-state index contributed by atoms with van der Waals surface area (Å²) in [4.78, 5) is 25.7. The van der Waals surface area contributed by atoms with Crippen molar-refractivity contribution in [3.05, 3.63) is 11.1 Å². The van der Waals surface area contributed by atoms with E-state index in [0.717, 1.165) is 63.4 Å². The van der Waals surface area contributed by atoms with E-state index in [-0.39, 0.29) is 34.9 Å². The van der Waals surface area contributed by atoms with E-state index < -0.39 is 0 Å². The van der Waals surface area contributed by atoms with Crippen molar-refractivity contribution in [3.63, 3.8) is 0 Å². The van der Waals surface area contributed by atoms with Crippen LogP contribution in [0.25, 0.3) is 0 Å². The Morgan fingerprint density at radius 1 is 1.03 bits per heavy atom. The fraction of sp³-hybridized carbons (Fsp3) is 0.867. The lowest BCUT2D eigenvalue weighted by Crippen LogP contribution is -2.48. The van der Waals surface area contributed by atoms with Gasteiger partial charge in [-0.05, 0) is 104 Å². The quantitative estimate of drug-likeness (QED) is 0.464. The van der Waals surface area contributed by atoms with Gasteiger partial charge >= 0.3 is 5.97 Å². The molecule has 0 bridgehead atoms. The average molecular weight is 473 g/mol. The largest absolute Gasteiger partial charge is 0.463 e. The Bertz CT molecular complexity index is 843. The van der Waals surface area contributed by atoms with Gasteiger partial charge in [0.1, 0.15) is 6.10 Å². The molecular formula is C30H48O4. The van der Waals surface area contributed by atoms with Crippen molar-refractivity contribution in [2.24, 2.45) is 46.3 Å². The van der Waals surface area contributed by atoms with Crippen molar-refractivity contribution in [1.29, 1.82) is 0 Å². The molecule has 0 spiro atoms. The van der Waals surface area contributed by atoms with Crippen molar-refractivity contribution >= 4 is 11.8 Å². The maximum absolute atomic E-state index is 14.2. The van der Waals surface area contributed by atoms with E-state index in [4.69, 9.17) is 4.74 Å². The average Bonchev–Trinajstić information content (AvgIpc) is 3.17. The summed E-state index contributed by atoms with van der Waals surface area (Å²) in [5.41, 5.74) is 2.35. The highest BCUT2D eigenvalue weighted by Crippen LogP contribution is 2.61. The van der Waals surface area contributed by atoms with E-state index in [9.17, 15) is 14.7 Å². The molecule has 9 atom stereocenters. The van der Waals surface area contributed by atoms with Crippen molar-refractivity contribution in [3.8, 4) is 0 Å². The lowest BCUT2D eigenvalue weighted by molar-refractivity contribution is -0.150. The summed E-state index contributed by atoms with van der Waals surface area (Å²) < 4.78 is 5.57. The number of allylic oxidation sites excluding steroid dienone is 2. The van der Waals surface area contributed by atoms with Gasteiger partial charge in [-0.1, -0.05) is 47.1 Å². The lowest BCUT2D eigenvalue weighted by atomic mass is 9.51. The number of fused-ring (bicyclic) bond motifs is 2. The molecule has 0 saturated heterocycles. The fourth-order valence-electron chi connectivity index (χ4n) is 8.59. The SMILES string of the molecule is CC(=O)O[C@H]1CC[C@]2(C)C3=C(CC[C@H]2C1)C(=O)[C@@](C)([C@@H]1CC[C@H]([C@@H](O)[C@H](C)C(C)C)[C@H]1C)CC3. The first-order valence-corrected chi connectivity index (χ1v) is 14.0. The minimum absolute atomic E-state index is 0.0400. The molecule has 4 rings (SSSR count). The third-order valence-electron chi connectivity index (χ3n) is 11.2. The highest BCUT2D eigenvalue weighted by atomic mass is 16.5. The molecule has 4 nitrogen and oxygen atoms in total. The van der Waals surface area contributed by atoms with Crippen LogP contribution >= 0.6 is 0 Å². The zero-order valence-electron chi connectivity index (χ0n) is 22.7. The first-order chi connectivity index (χ1) is 15.9. The van der Waals surface area contributed by atoms with Gasteiger partial charge in [-0.25, -0.2) is 0 Å². The Morgan fingerprint density at radius 3 is 2.38 bits per heavy atom. The fourth-order valence-corrected chi connectivity index (χ4v) is 8.59. The zero-order chi connectivity index (χ0) is 25.0. The van der Waals surface area contributed by atoms with E-state index >= 15 is 0 Å². The molecule has 0 aromatic heterocycles. The maximum atomic E-state index is 14.2. The predicted octanol–water partition coefficient (Wildman–Crippen LogP) is 6.50. The number of hydrogen-bond donors (Lipinski definition) is 1. The Morgan fingerprint density at radius 2 is 1.74 bits per heavy atom. The van der Waals surface area contributed by atoms with E-state index in [1.807, 2.05) is 0 Å². The van der Waals surface area contributed by atoms with Gasteiger partial charge in [0.2, 0.25) is 0 Å². The van der Waals surface area contributed by atoms with Gasteiger partial charge in [0, 0.05) is 12.3 Å². The Hall–Kier alpha value is -1.16. The number of aliphatic hydroxyl groups is 1. The van der Waals surface area contributed by atoms with E-state index in [1.54, 1.807) is 0 Å². The molecule has 0 aromatic carbocycles. The summed E-state index contributed by atoms with van der Waals surface area (Å²) >= 11 is 0. The van der Waals surface area contributed by atoms with Crippen LogP contribution in [0.5, 0.6) is 0 Å². The monoisotopic (exact) mass is 472 g/mol. The molecule has 0 unspecified atom stereocenters. The number of carbonyl (C=O) groups excluding carboxylic acids is 2. The van der Waals surface area contributed by atoms with Crippen molar-refractivity contribution in [2.75, 3.05) is 0 Å². The van der Waals surface area contributed by atoms with Crippen LogP contribution in [0.2, 0.25) is 0 Å². The Kier molecular flexibility index (Phi) is 7.15. The lowest BCUT2D eigenvalue weighted by Gasteiger charge is -2.53. The molecule has 0 aliphatic heterocycles. The van der Waals surface area contributed by atoms with Crippen molar-refractivity contribution < 1.29 is 19.4 Å². The molecule has 0 amide bonds. The van der Waals surface area contributed by atoms with Gasteiger partial charge in [-0.2, -0.15) is 0 Å². The van der Waals surface area contributed by atoms with E-state index in [0.29, 0.717) is 35.4 Å². The highest BCUT2D eigenvalue weighted by molar-refractivity contribution is 6.02. The molecule has 1 N–H and O–H groups in total. The molecule has 4 aliphatic rings. The van der Waals surface area contributed by atoms with Crippen LogP contribution in [0.1, 0.15) is 106 Å². The molecule has 34 heavy (non-hydrogen) atoms. The molecule has 192 valence electrons. The summed E-state index contributed by atoms with van der Waals surface area (Å²) in [5.74, 6) is 2.53. The zero-order valence-corrected chi connectivity index (χ0v) is 22.7. The van der Waals surface area contributed by atoms with Gasteiger partial charge in [0.15, 0.2) is 5.78 Å². The second kappa shape index (κ2) is 9.37. The standard InChI is InChI=1S/C30H48O4/c1-17(2)18(3)27(32)23-10-11-25(19(23)4)30(7)15-13-26-24(28(30)33)9-8-21-16-22(34-20(5)31)12-14-29(21,26)6/h17-19,21-23,25,27,32H,8-16H2,1-7H3/t18-,19-,21+,22+,23+,25-,27+,29+,30-/m1/s1. The molecule has 0 heterocycles. The van der Waals surface area contributed by atoms with Gasteiger partial charge in [-0.15, -0.1) is 0 Å². The normalized spacial score (nSPS) is 42.3. The van der Waals surface area contributed by atoms with Gasteiger partial charge in [-0.3, -0.25) is 9.59 Å². The number of carbonyl (C=O) groups is 2. The van der Waals surface area contributed by atoms with Crippen LogP contribution in [-0.4, -0.2) is 29.1 Å². The number of rotatable bonds is 5. The van der Waals surface area contributed by atoms with Gasteiger partial charge < -0.3 is 9.84 Å². The van der Waals surface area contributed by atoms with Crippen molar-refractivity contribution in [1.82, 2.24) is 0 Å². The third kappa shape index (κ3) is 4.20. The summed E-state index contributed by atoms with van der Waals surface area (Å²) in [5, 5.41) is 11.1. The van der Waals surface area contributed by atoms with Crippen LogP contribution in [0, 0.1) is 46.3 Å². The number of aliphatic hydroxyl groups excluding tert-OH is 1. The maximum Gasteiger partial charge on any atom is 0.302 e. The minimum Gasteiger partial charge on any atom is -0.463 e. The van der Waals surface area contributed by atoms with Gasteiger partial charge in [0.05, 0.1) is 6.10 Å². The molecule has 4 heteroatoms. The summed E-state index contributed by atoms with van der Waals surface area (Å²) in [7, 11) is 0. The number of hydrogen-bond acceptors (Lipinski definition) is 4. The van der Waals surface area contributed by atoms with Crippen LogP contribution in [-0.2, 0) is 14.3 Å². The predicted molar refractivity (Wildman–Crippen MR) is 135 cm³/mol. The topological polar surface area (TPSA) is 63.6 Å². The van der Waals surface area contributed by atoms with Crippen molar-refractivity contribution in [2.45, 2.75) is 118 Å². The molecule has 4 aliphatic carbocycles. The Labute approximate surface area is 207 Å². The second-order valence-electron chi connectivity index (χ2n) is 13.2.